The summed E-state index contributed by atoms with van der Waals surface area (Å²) in [4.78, 5) is 12.6. The van der Waals surface area contributed by atoms with Crippen LogP contribution in [0.2, 0.25) is 10.0 Å². The molecule has 2 aromatic rings. The molecule has 0 saturated carbocycles. The van der Waals surface area contributed by atoms with Gasteiger partial charge in [0.15, 0.2) is 0 Å². The Kier molecular flexibility index (Phi) is 7.80. The molecule has 0 unspecified atom stereocenters. The minimum atomic E-state index is -3.79. The second-order valence-corrected chi connectivity index (χ2v) is 9.44. The van der Waals surface area contributed by atoms with Crippen molar-refractivity contribution < 1.29 is 17.9 Å². The number of rotatable bonds is 8. The number of hydrogen-bond acceptors (Lipinski definition) is 4. The van der Waals surface area contributed by atoms with Crippen molar-refractivity contribution in [1.82, 2.24) is 5.32 Å². The minimum Gasteiger partial charge on any atom is -0.491 e. The number of nitrogens with zero attached hydrogens (tertiary/aromatic N) is 1. The average Bonchev–Trinajstić information content (AvgIpc) is 2.61. The van der Waals surface area contributed by atoms with E-state index in [1.165, 1.54) is 19.1 Å². The number of sulfonamides is 1. The highest BCUT2D eigenvalue weighted by molar-refractivity contribution is 7.92. The molecule has 158 valence electrons. The van der Waals surface area contributed by atoms with Crippen LogP contribution in [0.25, 0.3) is 0 Å². The minimum absolute atomic E-state index is 0.149. The summed E-state index contributed by atoms with van der Waals surface area (Å²) in [5.41, 5.74) is 2.29. The zero-order valence-corrected chi connectivity index (χ0v) is 19.0. The van der Waals surface area contributed by atoms with Gasteiger partial charge in [0, 0.05) is 5.02 Å². The van der Waals surface area contributed by atoms with Gasteiger partial charge in [-0.3, -0.25) is 9.10 Å². The maximum Gasteiger partial charge on any atom is 0.243 e. The highest BCUT2D eigenvalue weighted by atomic mass is 35.5. The molecule has 0 saturated heterocycles. The molecule has 1 atom stereocenters. The van der Waals surface area contributed by atoms with Crippen molar-refractivity contribution in [1.29, 1.82) is 0 Å². The number of benzene rings is 2. The first-order valence-corrected chi connectivity index (χ1v) is 11.5. The van der Waals surface area contributed by atoms with E-state index in [0.29, 0.717) is 5.02 Å². The lowest BCUT2D eigenvalue weighted by atomic mass is 10.1. The lowest BCUT2D eigenvalue weighted by molar-refractivity contribution is -0.121. The van der Waals surface area contributed by atoms with Gasteiger partial charge in [0.25, 0.3) is 0 Å². The van der Waals surface area contributed by atoms with Crippen molar-refractivity contribution in [2.24, 2.45) is 0 Å². The van der Waals surface area contributed by atoms with Gasteiger partial charge < -0.3 is 10.1 Å². The van der Waals surface area contributed by atoms with Crippen molar-refractivity contribution in [3.05, 3.63) is 57.6 Å². The first-order valence-electron chi connectivity index (χ1n) is 8.93. The van der Waals surface area contributed by atoms with Gasteiger partial charge in [0.1, 0.15) is 18.4 Å². The van der Waals surface area contributed by atoms with Gasteiger partial charge in [-0.25, -0.2) is 8.42 Å². The van der Waals surface area contributed by atoms with Crippen LogP contribution in [0, 0.1) is 13.8 Å². The molecule has 0 aliphatic rings. The summed E-state index contributed by atoms with van der Waals surface area (Å²) in [5, 5.41) is 3.18. The fourth-order valence-electron chi connectivity index (χ4n) is 2.88. The van der Waals surface area contributed by atoms with Gasteiger partial charge >= 0.3 is 0 Å². The van der Waals surface area contributed by atoms with Crippen LogP contribution in [0.5, 0.6) is 5.75 Å². The first-order chi connectivity index (χ1) is 13.5. The molecular weight excluding hydrogens is 435 g/mol. The Labute approximate surface area is 181 Å². The second kappa shape index (κ2) is 9.69. The number of amides is 1. The van der Waals surface area contributed by atoms with Crippen LogP contribution in [-0.4, -0.2) is 39.8 Å². The predicted octanol–water partition coefficient (Wildman–Crippen LogP) is 3.96. The maximum atomic E-state index is 12.6. The van der Waals surface area contributed by atoms with Gasteiger partial charge in [-0.15, -0.1) is 0 Å². The summed E-state index contributed by atoms with van der Waals surface area (Å²) in [7, 11) is -3.79. The Morgan fingerprint density at radius 2 is 1.86 bits per heavy atom. The number of carbonyl (C=O) groups is 1. The highest BCUT2D eigenvalue weighted by Crippen LogP contribution is 2.32. The van der Waals surface area contributed by atoms with Crippen molar-refractivity contribution in [2.75, 3.05) is 23.7 Å². The van der Waals surface area contributed by atoms with Crippen molar-refractivity contribution >= 4 is 44.8 Å². The molecule has 0 aromatic heterocycles. The van der Waals surface area contributed by atoms with E-state index in [4.69, 9.17) is 27.9 Å². The number of halogens is 2. The van der Waals surface area contributed by atoms with Crippen LogP contribution >= 0.6 is 23.2 Å². The third-order valence-electron chi connectivity index (χ3n) is 4.22. The normalized spacial score (nSPS) is 12.3. The Bertz CT molecular complexity index is 996. The van der Waals surface area contributed by atoms with Gasteiger partial charge in [0.2, 0.25) is 15.9 Å². The third kappa shape index (κ3) is 6.26. The topological polar surface area (TPSA) is 75.7 Å². The molecule has 9 heteroatoms. The Balaban J connectivity index is 2.05. The quantitative estimate of drug-likeness (QED) is 0.607. The molecule has 0 aliphatic heterocycles. The summed E-state index contributed by atoms with van der Waals surface area (Å²) >= 11 is 12.1. The zero-order valence-electron chi connectivity index (χ0n) is 16.7. The van der Waals surface area contributed by atoms with Crippen LogP contribution in [0.1, 0.15) is 18.1 Å². The van der Waals surface area contributed by atoms with E-state index in [1.54, 1.807) is 6.07 Å². The summed E-state index contributed by atoms with van der Waals surface area (Å²) in [5.74, 6) is 0.261. The van der Waals surface area contributed by atoms with Crippen LogP contribution in [-0.2, 0) is 14.8 Å². The Morgan fingerprint density at radius 1 is 1.17 bits per heavy atom. The molecule has 2 rings (SSSR count). The zero-order chi connectivity index (χ0) is 21.8. The second-order valence-electron chi connectivity index (χ2n) is 6.74. The molecule has 0 aliphatic carbocycles. The molecule has 1 amide bonds. The number of nitrogens with one attached hydrogen (secondary N) is 1. The van der Waals surface area contributed by atoms with Gasteiger partial charge in [-0.2, -0.15) is 0 Å². The summed E-state index contributed by atoms with van der Waals surface area (Å²) in [6, 6.07) is 9.25. The van der Waals surface area contributed by atoms with Crippen LogP contribution in [0.3, 0.4) is 0 Å². The molecule has 0 fully saturated rings. The SMILES string of the molecule is Cc1ccc(OCCNC(=O)[C@H](C)N(c2cc(Cl)ccc2Cl)S(C)(=O)=O)c(C)c1. The van der Waals surface area contributed by atoms with Crippen LogP contribution in [0.4, 0.5) is 5.69 Å². The average molecular weight is 459 g/mol. The van der Waals surface area contributed by atoms with E-state index >= 15 is 0 Å². The van der Waals surface area contributed by atoms with E-state index in [9.17, 15) is 13.2 Å². The van der Waals surface area contributed by atoms with Crippen molar-refractivity contribution in [2.45, 2.75) is 26.8 Å². The van der Waals surface area contributed by atoms with Crippen LogP contribution in [0.15, 0.2) is 36.4 Å². The van der Waals surface area contributed by atoms with Gasteiger partial charge in [-0.1, -0.05) is 40.9 Å². The molecule has 6 nitrogen and oxygen atoms in total. The predicted molar refractivity (Wildman–Crippen MR) is 118 cm³/mol. The van der Waals surface area contributed by atoms with E-state index in [2.05, 4.69) is 5.32 Å². The maximum absolute atomic E-state index is 12.6. The van der Waals surface area contributed by atoms with Crippen molar-refractivity contribution in [3.63, 3.8) is 0 Å². The highest BCUT2D eigenvalue weighted by Gasteiger charge is 2.30. The molecular formula is C20H24Cl2N2O4S. The molecule has 2 aromatic carbocycles. The monoisotopic (exact) mass is 458 g/mol. The number of hydrogen-bond donors (Lipinski definition) is 1. The Hall–Kier alpha value is -1.96. The lowest BCUT2D eigenvalue weighted by Gasteiger charge is -2.29. The molecule has 0 spiro atoms. The largest absolute Gasteiger partial charge is 0.491 e. The summed E-state index contributed by atoms with van der Waals surface area (Å²) < 4.78 is 31.3. The lowest BCUT2D eigenvalue weighted by Crippen LogP contribution is -2.48. The Morgan fingerprint density at radius 3 is 2.48 bits per heavy atom. The fourth-order valence-corrected chi connectivity index (χ4v) is 4.48. The molecule has 0 heterocycles. The van der Waals surface area contributed by atoms with Gasteiger partial charge in [-0.05, 0) is 50.6 Å². The molecule has 1 N–H and O–H groups in total. The van der Waals surface area contributed by atoms with E-state index < -0.39 is 22.0 Å². The summed E-state index contributed by atoms with van der Waals surface area (Å²) in [6.07, 6.45) is 1.01. The third-order valence-corrected chi connectivity index (χ3v) is 6.01. The number of carbonyl (C=O) groups excluding carboxylic acids is 1. The first kappa shape index (κ1) is 23.3. The fraction of sp³-hybridized carbons (Fsp3) is 0.350. The van der Waals surface area contributed by atoms with Gasteiger partial charge in [0.05, 0.1) is 23.5 Å². The number of ether oxygens (including phenoxy) is 1. The van der Waals surface area contributed by atoms with E-state index in [1.807, 2.05) is 32.0 Å². The standard InChI is InChI=1S/C20H24Cl2N2O4S/c1-13-5-8-19(14(2)11-13)28-10-9-23-20(25)15(3)24(29(4,26)27)18-12-16(21)6-7-17(18)22/h5-8,11-12,15H,9-10H2,1-4H3,(H,23,25)/t15-/m0/s1. The smallest absolute Gasteiger partial charge is 0.243 e. The van der Waals surface area contributed by atoms with Crippen molar-refractivity contribution in [3.8, 4) is 5.75 Å². The molecule has 29 heavy (non-hydrogen) atoms. The number of anilines is 1. The van der Waals surface area contributed by atoms with E-state index in [-0.39, 0.29) is 23.9 Å². The van der Waals surface area contributed by atoms with Crippen LogP contribution < -0.4 is 14.4 Å². The molecule has 0 bridgehead atoms. The number of aryl methyl sites for hydroxylation is 2. The van der Waals surface area contributed by atoms with E-state index in [0.717, 1.165) is 27.4 Å². The molecule has 0 radical (unpaired) electrons. The summed E-state index contributed by atoms with van der Waals surface area (Å²) in [6.45, 7) is 5.90.